The number of para-hydroxylation sites is 2. The highest BCUT2D eigenvalue weighted by Crippen LogP contribution is 2.33. The third-order valence-electron chi connectivity index (χ3n) is 3.55. The van der Waals surface area contributed by atoms with Gasteiger partial charge in [-0.25, -0.2) is 8.78 Å². The zero-order valence-corrected chi connectivity index (χ0v) is 10.4. The van der Waals surface area contributed by atoms with E-state index in [1.807, 2.05) is 29.2 Å². The third kappa shape index (κ3) is 2.41. The minimum Gasteiger partial charge on any atom is -0.495 e. The van der Waals surface area contributed by atoms with Crippen molar-refractivity contribution in [3.05, 3.63) is 24.3 Å². The first-order valence-corrected chi connectivity index (χ1v) is 6.02. The van der Waals surface area contributed by atoms with Crippen molar-refractivity contribution in [2.75, 3.05) is 25.1 Å². The Morgan fingerprint density at radius 2 is 1.89 bits per heavy atom. The second-order valence-corrected chi connectivity index (χ2v) is 4.69. The molecule has 0 radical (unpaired) electrons. The molecule has 0 atom stereocenters. The number of halogens is 2. The van der Waals surface area contributed by atoms with E-state index in [0.717, 1.165) is 11.4 Å². The van der Waals surface area contributed by atoms with E-state index >= 15 is 0 Å². The van der Waals surface area contributed by atoms with Gasteiger partial charge in [0.2, 0.25) is 0 Å². The standard InChI is InChI=1S/C13H18F2N2O/c1-18-11-5-3-2-4-10(11)17-8-6-13(16,7-9-17)12(14)15/h2-5,12H,6-9,16H2,1H3. The quantitative estimate of drug-likeness (QED) is 0.901. The van der Waals surface area contributed by atoms with E-state index in [9.17, 15) is 8.78 Å². The molecule has 100 valence electrons. The van der Waals surface area contributed by atoms with Crippen molar-refractivity contribution in [1.82, 2.24) is 0 Å². The molecule has 0 aliphatic carbocycles. The van der Waals surface area contributed by atoms with Gasteiger partial charge in [0.15, 0.2) is 0 Å². The molecule has 0 bridgehead atoms. The van der Waals surface area contributed by atoms with Crippen LogP contribution in [0.25, 0.3) is 0 Å². The number of anilines is 1. The van der Waals surface area contributed by atoms with E-state index in [-0.39, 0.29) is 0 Å². The van der Waals surface area contributed by atoms with Gasteiger partial charge in [-0.3, -0.25) is 0 Å². The molecule has 0 aromatic heterocycles. The molecule has 3 nitrogen and oxygen atoms in total. The minimum absolute atomic E-state index is 0.294. The Bertz CT molecular complexity index is 404. The van der Waals surface area contributed by atoms with Crippen molar-refractivity contribution in [3.8, 4) is 5.75 Å². The predicted molar refractivity (Wildman–Crippen MR) is 67.4 cm³/mol. The maximum Gasteiger partial charge on any atom is 0.256 e. The number of hydrogen-bond acceptors (Lipinski definition) is 3. The van der Waals surface area contributed by atoms with Crippen LogP contribution in [-0.2, 0) is 0 Å². The zero-order chi connectivity index (χ0) is 13.2. The molecule has 0 amide bonds. The highest BCUT2D eigenvalue weighted by atomic mass is 19.3. The molecule has 0 unspecified atom stereocenters. The Kier molecular flexibility index (Phi) is 3.71. The summed E-state index contributed by atoms with van der Waals surface area (Å²) in [5, 5.41) is 0. The molecular formula is C13H18F2N2O. The van der Waals surface area contributed by atoms with Gasteiger partial charge < -0.3 is 15.4 Å². The van der Waals surface area contributed by atoms with Crippen molar-refractivity contribution in [2.24, 2.45) is 5.73 Å². The van der Waals surface area contributed by atoms with Crippen LogP contribution in [0.5, 0.6) is 5.75 Å². The largest absolute Gasteiger partial charge is 0.495 e. The van der Waals surface area contributed by atoms with Crippen LogP contribution in [0.2, 0.25) is 0 Å². The lowest BCUT2D eigenvalue weighted by Crippen LogP contribution is -2.55. The maximum absolute atomic E-state index is 12.8. The Labute approximate surface area is 106 Å². The number of nitrogens with two attached hydrogens (primary N) is 1. The highest BCUT2D eigenvalue weighted by Gasteiger charge is 2.39. The SMILES string of the molecule is COc1ccccc1N1CCC(N)(C(F)F)CC1. The summed E-state index contributed by atoms with van der Waals surface area (Å²) >= 11 is 0. The number of rotatable bonds is 3. The molecule has 1 fully saturated rings. The van der Waals surface area contributed by atoms with Gasteiger partial charge >= 0.3 is 0 Å². The van der Waals surface area contributed by atoms with Gasteiger partial charge in [-0.15, -0.1) is 0 Å². The lowest BCUT2D eigenvalue weighted by molar-refractivity contribution is 0.0391. The van der Waals surface area contributed by atoms with E-state index in [4.69, 9.17) is 10.5 Å². The lowest BCUT2D eigenvalue weighted by Gasteiger charge is -2.39. The van der Waals surface area contributed by atoms with E-state index < -0.39 is 12.0 Å². The van der Waals surface area contributed by atoms with Crippen LogP contribution in [0.15, 0.2) is 24.3 Å². The summed E-state index contributed by atoms with van der Waals surface area (Å²) in [5.74, 6) is 0.763. The summed E-state index contributed by atoms with van der Waals surface area (Å²) in [6.45, 7) is 1.06. The summed E-state index contributed by atoms with van der Waals surface area (Å²) < 4.78 is 30.9. The minimum atomic E-state index is -2.46. The molecule has 1 heterocycles. The van der Waals surface area contributed by atoms with Gasteiger partial charge in [0.25, 0.3) is 6.43 Å². The van der Waals surface area contributed by atoms with Gasteiger partial charge in [-0.05, 0) is 25.0 Å². The van der Waals surface area contributed by atoms with E-state index in [1.54, 1.807) is 7.11 Å². The third-order valence-corrected chi connectivity index (χ3v) is 3.55. The molecule has 1 aromatic carbocycles. The molecule has 2 N–H and O–H groups in total. The number of hydrogen-bond donors (Lipinski definition) is 1. The summed E-state index contributed by atoms with van der Waals surface area (Å²) in [6, 6.07) is 7.60. The van der Waals surface area contributed by atoms with Crippen LogP contribution in [0, 0.1) is 0 Å². The molecule has 1 aliphatic heterocycles. The molecule has 0 spiro atoms. The first-order chi connectivity index (χ1) is 8.57. The van der Waals surface area contributed by atoms with Gasteiger partial charge in [0, 0.05) is 13.1 Å². The molecule has 0 saturated carbocycles. The summed E-state index contributed by atoms with van der Waals surface area (Å²) in [6.07, 6.45) is -1.87. The monoisotopic (exact) mass is 256 g/mol. The van der Waals surface area contributed by atoms with Crippen LogP contribution >= 0.6 is 0 Å². The summed E-state index contributed by atoms with van der Waals surface area (Å²) in [5.41, 5.74) is 5.31. The Balaban J connectivity index is 2.10. The first-order valence-electron chi connectivity index (χ1n) is 6.02. The maximum atomic E-state index is 12.8. The van der Waals surface area contributed by atoms with E-state index in [0.29, 0.717) is 25.9 Å². The zero-order valence-electron chi connectivity index (χ0n) is 10.4. The fraction of sp³-hybridized carbons (Fsp3) is 0.538. The second kappa shape index (κ2) is 5.10. The lowest BCUT2D eigenvalue weighted by atomic mass is 9.89. The normalized spacial score (nSPS) is 19.1. The Hall–Kier alpha value is -1.36. The van der Waals surface area contributed by atoms with E-state index in [2.05, 4.69) is 0 Å². The average molecular weight is 256 g/mol. The molecule has 18 heavy (non-hydrogen) atoms. The van der Waals surface area contributed by atoms with Crippen LogP contribution in [0.3, 0.4) is 0 Å². The number of benzene rings is 1. The summed E-state index contributed by atoms with van der Waals surface area (Å²) in [7, 11) is 1.61. The summed E-state index contributed by atoms with van der Waals surface area (Å²) in [4.78, 5) is 2.05. The van der Waals surface area contributed by atoms with Crippen LogP contribution in [0.4, 0.5) is 14.5 Å². The van der Waals surface area contributed by atoms with Gasteiger partial charge in [0.05, 0.1) is 18.3 Å². The van der Waals surface area contributed by atoms with Crippen molar-refractivity contribution in [2.45, 2.75) is 24.8 Å². The number of alkyl halides is 2. The fourth-order valence-corrected chi connectivity index (χ4v) is 2.27. The van der Waals surface area contributed by atoms with Crippen LogP contribution in [-0.4, -0.2) is 32.2 Å². The van der Waals surface area contributed by atoms with Crippen molar-refractivity contribution in [3.63, 3.8) is 0 Å². The van der Waals surface area contributed by atoms with E-state index in [1.165, 1.54) is 0 Å². The van der Waals surface area contributed by atoms with Crippen LogP contribution < -0.4 is 15.4 Å². The molecule has 1 saturated heterocycles. The molecule has 1 aromatic rings. The Morgan fingerprint density at radius 1 is 1.28 bits per heavy atom. The molecule has 1 aliphatic rings. The van der Waals surface area contributed by atoms with Gasteiger partial charge in [-0.2, -0.15) is 0 Å². The Morgan fingerprint density at radius 3 is 2.44 bits per heavy atom. The predicted octanol–water partition coefficient (Wildman–Crippen LogP) is 2.26. The molecular weight excluding hydrogens is 238 g/mol. The second-order valence-electron chi connectivity index (χ2n) is 4.69. The fourth-order valence-electron chi connectivity index (χ4n) is 2.27. The van der Waals surface area contributed by atoms with Gasteiger partial charge in [0.1, 0.15) is 5.75 Å². The smallest absolute Gasteiger partial charge is 0.256 e. The van der Waals surface area contributed by atoms with Crippen molar-refractivity contribution < 1.29 is 13.5 Å². The topological polar surface area (TPSA) is 38.5 Å². The first kappa shape index (κ1) is 13.1. The highest BCUT2D eigenvalue weighted by molar-refractivity contribution is 5.58. The van der Waals surface area contributed by atoms with Crippen LogP contribution in [0.1, 0.15) is 12.8 Å². The van der Waals surface area contributed by atoms with Gasteiger partial charge in [-0.1, -0.05) is 12.1 Å². The molecule has 2 rings (SSSR count). The number of nitrogens with zero attached hydrogens (tertiary/aromatic N) is 1. The van der Waals surface area contributed by atoms with Crippen molar-refractivity contribution in [1.29, 1.82) is 0 Å². The number of ether oxygens (including phenoxy) is 1. The number of methoxy groups -OCH3 is 1. The average Bonchev–Trinajstić information content (AvgIpc) is 2.39. The molecule has 5 heteroatoms. The van der Waals surface area contributed by atoms with Crippen molar-refractivity contribution >= 4 is 5.69 Å². The number of piperidine rings is 1.